The first-order valence-electron chi connectivity index (χ1n) is 5.66. The van der Waals surface area contributed by atoms with E-state index in [0.717, 1.165) is 19.4 Å². The van der Waals surface area contributed by atoms with Crippen molar-refractivity contribution in [3.63, 3.8) is 0 Å². The average molecular weight is 255 g/mol. The maximum Gasteiger partial charge on any atom is 0.237 e. The fraction of sp³-hybridized carbons (Fsp3) is 0.417. The molecular weight excluding hydrogens is 240 g/mol. The molecule has 17 heavy (non-hydrogen) atoms. The van der Waals surface area contributed by atoms with Crippen LogP contribution in [0, 0.1) is 0 Å². The van der Waals surface area contributed by atoms with E-state index >= 15 is 0 Å². The van der Waals surface area contributed by atoms with Crippen molar-refractivity contribution in [2.75, 3.05) is 6.54 Å². The molecule has 1 aliphatic rings. The summed E-state index contributed by atoms with van der Waals surface area (Å²) in [5, 5.41) is 16.1. The molecule has 4 nitrogen and oxygen atoms in total. The van der Waals surface area contributed by atoms with Gasteiger partial charge in [0.1, 0.15) is 5.75 Å². The minimum Gasteiger partial charge on any atom is -0.508 e. The molecule has 1 heterocycles. The molecule has 1 aromatic carbocycles. The van der Waals surface area contributed by atoms with Crippen LogP contribution in [0.25, 0.3) is 0 Å². The predicted molar refractivity (Wildman–Crippen MR) is 66.0 cm³/mol. The molecule has 1 amide bonds. The summed E-state index contributed by atoms with van der Waals surface area (Å²) in [7, 11) is 0. The monoisotopic (exact) mass is 254 g/mol. The number of aromatic hydroxyl groups is 1. The van der Waals surface area contributed by atoms with Gasteiger partial charge in [0.15, 0.2) is 0 Å². The number of hydrogen-bond acceptors (Lipinski definition) is 3. The Balaban J connectivity index is 1.99. The van der Waals surface area contributed by atoms with Crippen LogP contribution in [-0.4, -0.2) is 23.6 Å². The van der Waals surface area contributed by atoms with Crippen LogP contribution in [0.5, 0.6) is 5.75 Å². The minimum atomic E-state index is -0.195. The van der Waals surface area contributed by atoms with E-state index < -0.39 is 0 Å². The summed E-state index contributed by atoms with van der Waals surface area (Å²) in [6.07, 6.45) is 1.79. The third-order valence-electron chi connectivity index (χ3n) is 2.90. The quantitative estimate of drug-likeness (QED) is 0.765. The van der Waals surface area contributed by atoms with Crippen LogP contribution in [0.15, 0.2) is 18.2 Å². The molecule has 5 heteroatoms. The minimum absolute atomic E-state index is 0.0165. The van der Waals surface area contributed by atoms with Gasteiger partial charge < -0.3 is 15.7 Å². The number of hydrogen-bond donors (Lipinski definition) is 3. The van der Waals surface area contributed by atoms with Crippen molar-refractivity contribution in [1.82, 2.24) is 10.6 Å². The SMILES string of the molecule is O=C1NCCCC1NCc1c(O)cccc1Cl. The Morgan fingerprint density at radius 3 is 3.06 bits per heavy atom. The summed E-state index contributed by atoms with van der Waals surface area (Å²) in [6, 6.07) is 4.80. The number of piperidine rings is 1. The lowest BCUT2D eigenvalue weighted by Crippen LogP contribution is -2.47. The largest absolute Gasteiger partial charge is 0.508 e. The molecule has 1 atom stereocenters. The number of nitrogens with one attached hydrogen (secondary N) is 2. The van der Waals surface area contributed by atoms with Gasteiger partial charge in [-0.15, -0.1) is 0 Å². The van der Waals surface area contributed by atoms with E-state index in [4.69, 9.17) is 11.6 Å². The Bertz CT molecular complexity index is 403. The van der Waals surface area contributed by atoms with E-state index in [1.54, 1.807) is 18.2 Å². The Morgan fingerprint density at radius 2 is 2.35 bits per heavy atom. The highest BCUT2D eigenvalue weighted by atomic mass is 35.5. The third kappa shape index (κ3) is 2.90. The van der Waals surface area contributed by atoms with E-state index in [2.05, 4.69) is 10.6 Å². The smallest absolute Gasteiger partial charge is 0.237 e. The summed E-state index contributed by atoms with van der Waals surface area (Å²) in [5.74, 6) is 0.170. The number of rotatable bonds is 3. The molecule has 3 N–H and O–H groups in total. The molecule has 1 aromatic rings. The lowest BCUT2D eigenvalue weighted by molar-refractivity contribution is -0.124. The molecule has 0 saturated carbocycles. The zero-order valence-corrected chi connectivity index (χ0v) is 10.1. The van der Waals surface area contributed by atoms with E-state index in [0.29, 0.717) is 17.1 Å². The number of benzene rings is 1. The van der Waals surface area contributed by atoms with Gasteiger partial charge in [-0.05, 0) is 25.0 Å². The molecular formula is C12H15ClN2O2. The number of carbonyl (C=O) groups excluding carboxylic acids is 1. The normalized spacial score (nSPS) is 20.1. The van der Waals surface area contributed by atoms with Gasteiger partial charge >= 0.3 is 0 Å². The van der Waals surface area contributed by atoms with Crippen LogP contribution in [0.4, 0.5) is 0 Å². The van der Waals surface area contributed by atoms with Crippen molar-refractivity contribution < 1.29 is 9.90 Å². The summed E-state index contributed by atoms with van der Waals surface area (Å²) < 4.78 is 0. The molecule has 0 aromatic heterocycles. The molecule has 1 unspecified atom stereocenters. The van der Waals surface area contributed by atoms with Gasteiger partial charge in [-0.1, -0.05) is 17.7 Å². The molecule has 0 bridgehead atoms. The van der Waals surface area contributed by atoms with E-state index in [1.807, 2.05) is 0 Å². The second-order valence-corrected chi connectivity index (χ2v) is 4.51. The van der Waals surface area contributed by atoms with Crippen LogP contribution in [-0.2, 0) is 11.3 Å². The van der Waals surface area contributed by atoms with Crippen molar-refractivity contribution in [2.24, 2.45) is 0 Å². The molecule has 2 rings (SSSR count). The molecule has 0 aliphatic carbocycles. The summed E-state index contributed by atoms with van der Waals surface area (Å²) in [4.78, 5) is 11.5. The number of halogens is 1. The van der Waals surface area contributed by atoms with E-state index in [-0.39, 0.29) is 17.7 Å². The summed E-state index contributed by atoms with van der Waals surface area (Å²) >= 11 is 5.98. The maximum absolute atomic E-state index is 11.5. The highest BCUT2D eigenvalue weighted by Crippen LogP contribution is 2.25. The Morgan fingerprint density at radius 1 is 1.53 bits per heavy atom. The van der Waals surface area contributed by atoms with Crippen LogP contribution in [0.3, 0.4) is 0 Å². The number of carbonyl (C=O) groups is 1. The first-order chi connectivity index (χ1) is 8.18. The second-order valence-electron chi connectivity index (χ2n) is 4.10. The summed E-state index contributed by atoms with van der Waals surface area (Å²) in [6.45, 7) is 1.14. The van der Waals surface area contributed by atoms with Crippen molar-refractivity contribution in [3.8, 4) is 5.75 Å². The fourth-order valence-electron chi connectivity index (χ4n) is 1.91. The molecule has 0 radical (unpaired) electrons. The van der Waals surface area contributed by atoms with Crippen LogP contribution in [0.2, 0.25) is 5.02 Å². The van der Waals surface area contributed by atoms with Gasteiger partial charge in [0, 0.05) is 23.7 Å². The fourth-order valence-corrected chi connectivity index (χ4v) is 2.15. The standard InChI is InChI=1S/C12H15ClN2O2/c13-9-3-1-5-11(16)8(9)7-15-10-4-2-6-14-12(10)17/h1,3,5,10,15-16H,2,4,6-7H2,(H,14,17). The van der Waals surface area contributed by atoms with Gasteiger partial charge in [0.05, 0.1) is 6.04 Å². The topological polar surface area (TPSA) is 61.4 Å². The van der Waals surface area contributed by atoms with Crippen LogP contribution >= 0.6 is 11.6 Å². The van der Waals surface area contributed by atoms with Gasteiger partial charge in [0.25, 0.3) is 0 Å². The van der Waals surface area contributed by atoms with Crippen LogP contribution < -0.4 is 10.6 Å². The highest BCUT2D eigenvalue weighted by molar-refractivity contribution is 6.31. The first-order valence-corrected chi connectivity index (χ1v) is 6.03. The van der Waals surface area contributed by atoms with Gasteiger partial charge in [0.2, 0.25) is 5.91 Å². The molecule has 1 aliphatic heterocycles. The number of amides is 1. The van der Waals surface area contributed by atoms with Gasteiger partial charge in [-0.2, -0.15) is 0 Å². The molecule has 1 fully saturated rings. The first kappa shape index (κ1) is 12.2. The Hall–Kier alpha value is -1.26. The van der Waals surface area contributed by atoms with Crippen molar-refractivity contribution in [3.05, 3.63) is 28.8 Å². The van der Waals surface area contributed by atoms with E-state index in [1.165, 1.54) is 0 Å². The van der Waals surface area contributed by atoms with E-state index in [9.17, 15) is 9.90 Å². The van der Waals surface area contributed by atoms with Gasteiger partial charge in [-0.25, -0.2) is 0 Å². The zero-order chi connectivity index (χ0) is 12.3. The maximum atomic E-state index is 11.5. The van der Waals surface area contributed by atoms with Crippen molar-refractivity contribution in [2.45, 2.75) is 25.4 Å². The second kappa shape index (κ2) is 5.38. The Labute approximate surface area is 105 Å². The molecule has 1 saturated heterocycles. The molecule has 0 spiro atoms. The average Bonchev–Trinajstić information content (AvgIpc) is 2.30. The number of phenolic OH excluding ortho intramolecular Hbond substituents is 1. The van der Waals surface area contributed by atoms with Crippen molar-refractivity contribution >= 4 is 17.5 Å². The highest BCUT2D eigenvalue weighted by Gasteiger charge is 2.21. The molecule has 92 valence electrons. The summed E-state index contributed by atoms with van der Waals surface area (Å²) in [5.41, 5.74) is 0.632. The Kier molecular flexibility index (Phi) is 3.86. The van der Waals surface area contributed by atoms with Gasteiger partial charge in [-0.3, -0.25) is 4.79 Å². The lowest BCUT2D eigenvalue weighted by Gasteiger charge is -2.23. The zero-order valence-electron chi connectivity index (χ0n) is 9.37. The number of phenols is 1. The van der Waals surface area contributed by atoms with Crippen LogP contribution in [0.1, 0.15) is 18.4 Å². The predicted octanol–water partition coefficient (Wildman–Crippen LogP) is 1.41. The van der Waals surface area contributed by atoms with Crippen molar-refractivity contribution in [1.29, 1.82) is 0 Å². The lowest BCUT2D eigenvalue weighted by atomic mass is 10.1. The third-order valence-corrected chi connectivity index (χ3v) is 3.26.